The maximum atomic E-state index is 11.7. The van der Waals surface area contributed by atoms with E-state index in [0.29, 0.717) is 29.6 Å². The van der Waals surface area contributed by atoms with Crippen molar-refractivity contribution in [2.75, 3.05) is 6.54 Å². The second-order valence-electron chi connectivity index (χ2n) is 13.5. The standard InChI is InChI=1S/C27H45NO3/c1-15-5-6-21-16(2)24-22(28(21)14-15)12-20-18-11-23(30)27(31)13-17(29)7-10-26(27,4)19(18)8-9-25(20,24)3/h15-24,29-31H,5-14H2,1-4H3. The fraction of sp³-hybridized carbons (Fsp3) is 1.00. The third-order valence-corrected chi connectivity index (χ3v) is 12.4. The number of nitrogens with zero attached hydrogens (tertiary/aromatic N) is 1. The summed E-state index contributed by atoms with van der Waals surface area (Å²) in [4.78, 5) is 2.93. The van der Waals surface area contributed by atoms with Crippen LogP contribution in [0.4, 0.5) is 0 Å². The first kappa shape index (κ1) is 21.4. The molecule has 4 aliphatic carbocycles. The van der Waals surface area contributed by atoms with Crippen LogP contribution in [0.5, 0.6) is 0 Å². The van der Waals surface area contributed by atoms with Gasteiger partial charge in [-0.3, -0.25) is 4.90 Å². The minimum absolute atomic E-state index is 0.263. The first-order valence-corrected chi connectivity index (χ1v) is 13.4. The number of aliphatic hydroxyl groups excluding tert-OH is 2. The topological polar surface area (TPSA) is 63.9 Å². The molecular formula is C27H45NO3. The highest BCUT2D eigenvalue weighted by Gasteiger charge is 2.70. The Morgan fingerprint density at radius 1 is 0.871 bits per heavy atom. The van der Waals surface area contributed by atoms with Crippen LogP contribution >= 0.6 is 0 Å². The van der Waals surface area contributed by atoms with E-state index in [1.807, 2.05) is 0 Å². The molecule has 6 rings (SSSR count). The molecule has 13 unspecified atom stereocenters. The second kappa shape index (κ2) is 6.71. The molecule has 13 atom stereocenters. The van der Waals surface area contributed by atoms with Gasteiger partial charge in [0.1, 0.15) is 0 Å². The summed E-state index contributed by atoms with van der Waals surface area (Å²) < 4.78 is 0. The monoisotopic (exact) mass is 431 g/mol. The Labute approximate surface area is 188 Å². The lowest BCUT2D eigenvalue weighted by Crippen LogP contribution is -2.68. The molecule has 0 aromatic carbocycles. The zero-order valence-electron chi connectivity index (χ0n) is 20.1. The molecule has 6 aliphatic rings. The van der Waals surface area contributed by atoms with Crippen LogP contribution in [0, 0.1) is 46.3 Å². The fourth-order valence-corrected chi connectivity index (χ4v) is 11.0. The summed E-state index contributed by atoms with van der Waals surface area (Å²) in [5, 5.41) is 33.3. The molecule has 4 heteroatoms. The van der Waals surface area contributed by atoms with Crippen LogP contribution < -0.4 is 0 Å². The molecule has 0 amide bonds. The van der Waals surface area contributed by atoms with E-state index in [2.05, 4.69) is 32.6 Å². The van der Waals surface area contributed by atoms with Gasteiger partial charge in [-0.1, -0.05) is 27.7 Å². The van der Waals surface area contributed by atoms with Crippen LogP contribution in [0.3, 0.4) is 0 Å². The molecule has 2 aliphatic heterocycles. The van der Waals surface area contributed by atoms with Gasteiger partial charge in [0, 0.05) is 30.5 Å². The van der Waals surface area contributed by atoms with Crippen LogP contribution in [0.2, 0.25) is 0 Å². The van der Waals surface area contributed by atoms with Crippen molar-refractivity contribution in [1.82, 2.24) is 4.90 Å². The Morgan fingerprint density at radius 2 is 1.65 bits per heavy atom. The normalized spacial score (nSPS) is 63.6. The molecular weight excluding hydrogens is 386 g/mol. The number of hydrogen-bond acceptors (Lipinski definition) is 4. The van der Waals surface area contributed by atoms with Gasteiger partial charge in [0.25, 0.3) is 0 Å². The molecule has 0 radical (unpaired) electrons. The van der Waals surface area contributed by atoms with Gasteiger partial charge in [-0.05, 0) is 92.3 Å². The first-order valence-electron chi connectivity index (χ1n) is 13.4. The number of hydrogen-bond donors (Lipinski definition) is 3. The zero-order chi connectivity index (χ0) is 21.9. The summed E-state index contributed by atoms with van der Waals surface area (Å²) in [6.45, 7) is 11.1. The molecule has 0 aromatic rings. The maximum Gasteiger partial charge on any atom is 0.0985 e. The van der Waals surface area contributed by atoms with E-state index in [-0.39, 0.29) is 5.41 Å². The third-order valence-electron chi connectivity index (χ3n) is 12.4. The summed E-state index contributed by atoms with van der Waals surface area (Å²) in [6.07, 6.45) is 8.09. The summed E-state index contributed by atoms with van der Waals surface area (Å²) in [5.41, 5.74) is -0.998. The van der Waals surface area contributed by atoms with Gasteiger partial charge in [0.15, 0.2) is 0 Å². The Balaban J connectivity index is 1.34. The lowest BCUT2D eigenvalue weighted by Gasteiger charge is -2.65. The van der Waals surface area contributed by atoms with Crippen molar-refractivity contribution in [2.45, 2.75) is 115 Å². The Morgan fingerprint density at radius 3 is 2.42 bits per heavy atom. The lowest BCUT2D eigenvalue weighted by atomic mass is 9.42. The van der Waals surface area contributed by atoms with Gasteiger partial charge in [-0.25, -0.2) is 0 Å². The van der Waals surface area contributed by atoms with Crippen LogP contribution in [0.15, 0.2) is 0 Å². The summed E-state index contributed by atoms with van der Waals surface area (Å²) in [5.74, 6) is 4.08. The zero-order valence-corrected chi connectivity index (χ0v) is 20.1. The van der Waals surface area contributed by atoms with Crippen molar-refractivity contribution in [2.24, 2.45) is 46.3 Å². The van der Waals surface area contributed by atoms with Gasteiger partial charge in [-0.15, -0.1) is 0 Å². The smallest absolute Gasteiger partial charge is 0.0985 e. The highest BCUT2D eigenvalue weighted by molar-refractivity contribution is 5.20. The summed E-state index contributed by atoms with van der Waals surface area (Å²) in [6, 6.07) is 1.52. The molecule has 2 heterocycles. The molecule has 2 saturated heterocycles. The third kappa shape index (κ3) is 2.57. The number of fused-ring (bicyclic) bond motifs is 9. The van der Waals surface area contributed by atoms with Crippen LogP contribution in [-0.2, 0) is 0 Å². The van der Waals surface area contributed by atoms with Crippen LogP contribution in [0.1, 0.15) is 85.5 Å². The summed E-state index contributed by atoms with van der Waals surface area (Å²) in [7, 11) is 0. The average molecular weight is 432 g/mol. The fourth-order valence-electron chi connectivity index (χ4n) is 11.0. The van der Waals surface area contributed by atoms with E-state index in [1.54, 1.807) is 0 Å². The van der Waals surface area contributed by atoms with E-state index in [0.717, 1.165) is 49.1 Å². The predicted molar refractivity (Wildman–Crippen MR) is 121 cm³/mol. The molecule has 176 valence electrons. The number of piperidine rings is 1. The van der Waals surface area contributed by atoms with Crippen LogP contribution in [-0.4, -0.2) is 56.7 Å². The number of aliphatic hydroxyl groups is 3. The van der Waals surface area contributed by atoms with Crippen molar-refractivity contribution < 1.29 is 15.3 Å². The first-order chi connectivity index (χ1) is 14.6. The number of rotatable bonds is 0. The largest absolute Gasteiger partial charge is 0.393 e. The van der Waals surface area contributed by atoms with E-state index >= 15 is 0 Å². The highest BCUT2D eigenvalue weighted by Crippen LogP contribution is 2.71. The minimum atomic E-state index is -1.12. The predicted octanol–water partition coefficient (Wildman–Crippen LogP) is 3.82. The van der Waals surface area contributed by atoms with Gasteiger partial charge < -0.3 is 15.3 Å². The molecule has 31 heavy (non-hydrogen) atoms. The SMILES string of the molecule is CC1CCC2C(C)C3C(CC4C5CC(O)C6(O)CC(O)CCC6(C)C5CCC43C)N2C1. The van der Waals surface area contributed by atoms with Gasteiger partial charge in [0.2, 0.25) is 0 Å². The Hall–Kier alpha value is -0.160. The summed E-state index contributed by atoms with van der Waals surface area (Å²) >= 11 is 0. The molecule has 0 bridgehead atoms. The van der Waals surface area contributed by atoms with Gasteiger partial charge >= 0.3 is 0 Å². The van der Waals surface area contributed by atoms with E-state index in [9.17, 15) is 15.3 Å². The van der Waals surface area contributed by atoms with E-state index in [4.69, 9.17) is 0 Å². The van der Waals surface area contributed by atoms with Crippen molar-refractivity contribution >= 4 is 0 Å². The Bertz CT molecular complexity index is 744. The van der Waals surface area contributed by atoms with Gasteiger partial charge in [0.05, 0.1) is 17.8 Å². The molecule has 4 nitrogen and oxygen atoms in total. The molecule has 6 fully saturated rings. The molecule has 4 saturated carbocycles. The quantitative estimate of drug-likeness (QED) is 0.546. The molecule has 3 N–H and O–H groups in total. The highest BCUT2D eigenvalue weighted by atomic mass is 16.3. The van der Waals surface area contributed by atoms with Crippen molar-refractivity contribution in [3.63, 3.8) is 0 Å². The second-order valence-corrected chi connectivity index (χ2v) is 13.5. The minimum Gasteiger partial charge on any atom is -0.393 e. The van der Waals surface area contributed by atoms with Crippen molar-refractivity contribution in [1.29, 1.82) is 0 Å². The maximum absolute atomic E-state index is 11.7. The van der Waals surface area contributed by atoms with E-state index < -0.39 is 17.8 Å². The van der Waals surface area contributed by atoms with Gasteiger partial charge in [-0.2, -0.15) is 0 Å². The average Bonchev–Trinajstić information content (AvgIpc) is 3.17. The van der Waals surface area contributed by atoms with Crippen LogP contribution in [0.25, 0.3) is 0 Å². The van der Waals surface area contributed by atoms with Crippen molar-refractivity contribution in [3.05, 3.63) is 0 Å². The van der Waals surface area contributed by atoms with E-state index in [1.165, 1.54) is 38.6 Å². The molecule has 0 aromatic heterocycles. The Kier molecular flexibility index (Phi) is 4.62. The molecule has 0 spiro atoms. The van der Waals surface area contributed by atoms with Crippen molar-refractivity contribution in [3.8, 4) is 0 Å². The lowest BCUT2D eigenvalue weighted by molar-refractivity contribution is -0.265.